The van der Waals surface area contributed by atoms with Crippen molar-refractivity contribution in [3.8, 4) is 0 Å². The first kappa shape index (κ1) is 21.8. The number of esters is 1. The predicted octanol–water partition coefficient (Wildman–Crippen LogP) is 3.18. The number of methoxy groups -OCH3 is 1. The third-order valence-electron chi connectivity index (χ3n) is 5.21. The van der Waals surface area contributed by atoms with E-state index < -0.39 is 22.0 Å². The van der Waals surface area contributed by atoms with Crippen LogP contribution in [0.4, 0.5) is 10.5 Å². The number of anilines is 1. The number of amides is 2. The van der Waals surface area contributed by atoms with Crippen LogP contribution in [0.3, 0.4) is 0 Å². The third kappa shape index (κ3) is 3.82. The SMILES string of the molecule is COC(=O)c1c(C)oc2ccc(N(C(=O)N3CCOCC3)S(=O)(=O)c3ccccc3)cc12. The normalized spacial score (nSPS) is 14.4. The van der Waals surface area contributed by atoms with Crippen LogP contribution in [-0.2, 0) is 19.5 Å². The van der Waals surface area contributed by atoms with Crippen molar-refractivity contribution in [2.24, 2.45) is 0 Å². The number of morpholine rings is 1. The zero-order valence-corrected chi connectivity index (χ0v) is 18.4. The Labute approximate surface area is 185 Å². The number of benzene rings is 2. The molecular formula is C22H22N2O7S. The van der Waals surface area contributed by atoms with Crippen LogP contribution in [0.25, 0.3) is 11.0 Å². The highest BCUT2D eigenvalue weighted by molar-refractivity contribution is 7.93. The van der Waals surface area contributed by atoms with E-state index in [1.165, 1.54) is 42.3 Å². The molecule has 0 unspecified atom stereocenters. The molecule has 0 N–H and O–H groups in total. The Kier molecular flexibility index (Phi) is 5.90. The second-order valence-corrected chi connectivity index (χ2v) is 8.96. The highest BCUT2D eigenvalue weighted by atomic mass is 32.2. The van der Waals surface area contributed by atoms with Crippen LogP contribution in [0, 0.1) is 6.92 Å². The van der Waals surface area contributed by atoms with E-state index in [2.05, 4.69) is 0 Å². The molecule has 1 aliphatic rings. The van der Waals surface area contributed by atoms with Crippen molar-refractivity contribution in [3.05, 3.63) is 59.9 Å². The molecule has 9 nitrogen and oxygen atoms in total. The molecule has 0 atom stereocenters. The average molecular weight is 458 g/mol. The average Bonchev–Trinajstić information content (AvgIpc) is 3.14. The molecule has 1 aliphatic heterocycles. The Bertz CT molecular complexity index is 1260. The molecule has 2 aromatic carbocycles. The van der Waals surface area contributed by atoms with Crippen molar-refractivity contribution in [2.75, 3.05) is 37.7 Å². The fourth-order valence-electron chi connectivity index (χ4n) is 3.62. The number of furan rings is 1. The first-order valence-electron chi connectivity index (χ1n) is 9.93. The molecular weight excluding hydrogens is 436 g/mol. The summed E-state index contributed by atoms with van der Waals surface area (Å²) < 4.78 is 43.7. The number of carbonyl (C=O) groups excluding carboxylic acids is 2. The summed E-state index contributed by atoms with van der Waals surface area (Å²) in [5.74, 6) is -0.281. The van der Waals surface area contributed by atoms with Gasteiger partial charge in [-0.2, -0.15) is 4.31 Å². The van der Waals surface area contributed by atoms with Crippen LogP contribution < -0.4 is 4.31 Å². The molecule has 168 valence electrons. The maximum atomic E-state index is 13.6. The summed E-state index contributed by atoms with van der Waals surface area (Å²) in [7, 11) is -3.00. The van der Waals surface area contributed by atoms with Gasteiger partial charge in [-0.1, -0.05) is 18.2 Å². The van der Waals surface area contributed by atoms with Gasteiger partial charge in [-0.25, -0.2) is 18.0 Å². The largest absolute Gasteiger partial charge is 0.465 e. The van der Waals surface area contributed by atoms with E-state index in [9.17, 15) is 18.0 Å². The molecule has 0 radical (unpaired) electrons. The minimum absolute atomic E-state index is 0.0294. The van der Waals surface area contributed by atoms with Gasteiger partial charge >= 0.3 is 12.0 Å². The van der Waals surface area contributed by atoms with Gasteiger partial charge in [0.15, 0.2) is 0 Å². The summed E-state index contributed by atoms with van der Waals surface area (Å²) >= 11 is 0. The number of sulfonamides is 1. The van der Waals surface area contributed by atoms with Crippen molar-refractivity contribution in [1.29, 1.82) is 0 Å². The lowest BCUT2D eigenvalue weighted by atomic mass is 10.1. The fraction of sp³-hybridized carbons (Fsp3) is 0.273. The van der Waals surface area contributed by atoms with Gasteiger partial charge in [-0.15, -0.1) is 0 Å². The summed E-state index contributed by atoms with van der Waals surface area (Å²) in [6, 6.07) is 11.5. The van der Waals surface area contributed by atoms with Crippen LogP contribution in [0.2, 0.25) is 0 Å². The molecule has 1 aromatic heterocycles. The maximum absolute atomic E-state index is 13.6. The van der Waals surface area contributed by atoms with Gasteiger partial charge in [0, 0.05) is 18.5 Å². The van der Waals surface area contributed by atoms with Crippen LogP contribution in [0.5, 0.6) is 0 Å². The van der Waals surface area contributed by atoms with E-state index in [0.29, 0.717) is 29.9 Å². The van der Waals surface area contributed by atoms with E-state index in [1.807, 2.05) is 0 Å². The lowest BCUT2D eigenvalue weighted by Gasteiger charge is -2.32. The minimum atomic E-state index is -4.25. The Morgan fingerprint density at radius 1 is 1.06 bits per heavy atom. The van der Waals surface area contributed by atoms with Crippen molar-refractivity contribution < 1.29 is 31.9 Å². The van der Waals surface area contributed by atoms with E-state index in [-0.39, 0.29) is 29.2 Å². The number of aryl methyl sites for hydroxylation is 1. The topological polar surface area (TPSA) is 106 Å². The van der Waals surface area contributed by atoms with Crippen molar-refractivity contribution in [2.45, 2.75) is 11.8 Å². The second-order valence-electron chi connectivity index (χ2n) is 7.17. The first-order chi connectivity index (χ1) is 15.3. The monoisotopic (exact) mass is 458 g/mol. The summed E-state index contributed by atoms with van der Waals surface area (Å²) in [6.45, 7) is 2.78. The molecule has 1 fully saturated rings. The number of carbonyl (C=O) groups is 2. The molecule has 2 heterocycles. The number of nitrogens with zero attached hydrogens (tertiary/aromatic N) is 2. The summed E-state index contributed by atoms with van der Waals surface area (Å²) in [6.07, 6.45) is 0. The molecule has 4 rings (SSSR count). The zero-order chi connectivity index (χ0) is 22.9. The van der Waals surface area contributed by atoms with Crippen LogP contribution in [0.1, 0.15) is 16.1 Å². The van der Waals surface area contributed by atoms with E-state index in [1.54, 1.807) is 25.1 Å². The summed E-state index contributed by atoms with van der Waals surface area (Å²) in [5, 5.41) is 0.356. The summed E-state index contributed by atoms with van der Waals surface area (Å²) in [5.41, 5.74) is 0.645. The molecule has 0 saturated carbocycles. The van der Waals surface area contributed by atoms with Gasteiger partial charge in [0.1, 0.15) is 16.9 Å². The second kappa shape index (κ2) is 8.64. The number of urea groups is 1. The quantitative estimate of drug-likeness (QED) is 0.553. The maximum Gasteiger partial charge on any atom is 0.342 e. The fourth-order valence-corrected chi connectivity index (χ4v) is 5.05. The van der Waals surface area contributed by atoms with Crippen LogP contribution >= 0.6 is 0 Å². The van der Waals surface area contributed by atoms with E-state index >= 15 is 0 Å². The molecule has 1 saturated heterocycles. The Hall–Kier alpha value is -3.37. The molecule has 0 bridgehead atoms. The predicted molar refractivity (Wildman–Crippen MR) is 116 cm³/mol. The Morgan fingerprint density at radius 3 is 2.41 bits per heavy atom. The van der Waals surface area contributed by atoms with Crippen molar-refractivity contribution in [1.82, 2.24) is 4.90 Å². The lowest BCUT2D eigenvalue weighted by molar-refractivity contribution is 0.0557. The molecule has 0 aliphatic carbocycles. The molecule has 10 heteroatoms. The lowest BCUT2D eigenvalue weighted by Crippen LogP contribution is -2.50. The number of hydrogen-bond donors (Lipinski definition) is 0. The van der Waals surface area contributed by atoms with Gasteiger partial charge in [0.25, 0.3) is 10.0 Å². The van der Waals surface area contributed by atoms with Crippen molar-refractivity contribution in [3.63, 3.8) is 0 Å². The highest BCUT2D eigenvalue weighted by Gasteiger charge is 2.35. The van der Waals surface area contributed by atoms with Gasteiger partial charge in [0.2, 0.25) is 0 Å². The van der Waals surface area contributed by atoms with Crippen LogP contribution in [0.15, 0.2) is 57.8 Å². The number of fused-ring (bicyclic) bond motifs is 1. The van der Waals surface area contributed by atoms with E-state index in [4.69, 9.17) is 13.9 Å². The Morgan fingerprint density at radius 2 is 1.75 bits per heavy atom. The third-order valence-corrected chi connectivity index (χ3v) is 6.92. The van der Waals surface area contributed by atoms with E-state index in [0.717, 1.165) is 4.31 Å². The number of hydrogen-bond acceptors (Lipinski definition) is 7. The Balaban J connectivity index is 1.89. The molecule has 0 spiro atoms. The smallest absolute Gasteiger partial charge is 0.342 e. The summed E-state index contributed by atoms with van der Waals surface area (Å²) in [4.78, 5) is 27.1. The van der Waals surface area contributed by atoms with Crippen molar-refractivity contribution >= 4 is 38.7 Å². The zero-order valence-electron chi connectivity index (χ0n) is 17.6. The first-order valence-corrected chi connectivity index (χ1v) is 11.4. The van der Waals surface area contributed by atoms with Gasteiger partial charge in [-0.05, 0) is 37.3 Å². The molecule has 3 aromatic rings. The molecule has 2 amide bonds. The highest BCUT2D eigenvalue weighted by Crippen LogP contribution is 2.33. The van der Waals surface area contributed by atoms with Gasteiger partial charge < -0.3 is 18.8 Å². The number of rotatable bonds is 4. The van der Waals surface area contributed by atoms with Crippen LogP contribution in [-0.4, -0.2) is 58.7 Å². The van der Waals surface area contributed by atoms with Gasteiger partial charge in [-0.3, -0.25) is 0 Å². The van der Waals surface area contributed by atoms with Gasteiger partial charge in [0.05, 0.1) is 30.9 Å². The molecule has 32 heavy (non-hydrogen) atoms. The standard InChI is InChI=1S/C22H22N2O7S/c1-15-20(21(25)29-2)18-14-16(8-9-19(18)31-15)24(22(26)23-10-12-30-13-11-23)32(27,28)17-6-4-3-5-7-17/h3-9,14H,10-13H2,1-2H3. The number of ether oxygens (including phenoxy) is 2. The minimum Gasteiger partial charge on any atom is -0.465 e.